The molecule has 0 aliphatic rings. The van der Waals surface area contributed by atoms with E-state index in [1.165, 1.54) is 27.5 Å². The van der Waals surface area contributed by atoms with Gasteiger partial charge in [-0.1, -0.05) is 29.8 Å². The second-order valence-corrected chi connectivity index (χ2v) is 5.78. The topological polar surface area (TPSA) is 25.0 Å². The van der Waals surface area contributed by atoms with Crippen molar-refractivity contribution in [2.45, 2.75) is 27.2 Å². The fourth-order valence-electron chi connectivity index (χ4n) is 2.92. The van der Waals surface area contributed by atoms with Crippen molar-refractivity contribution in [2.75, 3.05) is 7.11 Å². The molecule has 0 spiro atoms. The third-order valence-corrected chi connectivity index (χ3v) is 4.01. The van der Waals surface area contributed by atoms with Gasteiger partial charge >= 0.3 is 0 Å². The predicted octanol–water partition coefficient (Wildman–Crippen LogP) is 5.15. The van der Waals surface area contributed by atoms with Crippen molar-refractivity contribution in [1.29, 1.82) is 0 Å². The number of hydrogen-bond donors (Lipinski definition) is 1. The summed E-state index contributed by atoms with van der Waals surface area (Å²) in [7, 11) is 1.73. The highest BCUT2D eigenvalue weighted by atomic mass is 16.5. The van der Waals surface area contributed by atoms with Crippen LogP contribution in [-0.2, 0) is 6.42 Å². The van der Waals surface area contributed by atoms with Gasteiger partial charge in [0.15, 0.2) is 0 Å². The molecule has 0 bridgehead atoms. The summed E-state index contributed by atoms with van der Waals surface area (Å²) in [5, 5.41) is 2.56. The highest BCUT2D eigenvalue weighted by Gasteiger charge is 2.14. The molecule has 0 atom stereocenters. The number of para-hydroxylation sites is 1. The number of allylic oxidation sites excluding steroid dienone is 2. The van der Waals surface area contributed by atoms with E-state index in [1.54, 1.807) is 7.11 Å². The average molecular weight is 279 g/mol. The molecule has 108 valence electrons. The minimum atomic E-state index is 0.916. The predicted molar refractivity (Wildman–Crippen MR) is 90.2 cm³/mol. The van der Waals surface area contributed by atoms with Gasteiger partial charge in [-0.2, -0.15) is 0 Å². The standard InChI is InChI=1S/C19H21NO/c1-12(2)9-10-14-13(3)11-17(21-4)19-18(14)15-7-5-6-8-16(15)20-19/h5-9,11,20H,10H2,1-4H3. The van der Waals surface area contributed by atoms with E-state index in [4.69, 9.17) is 4.74 Å². The van der Waals surface area contributed by atoms with E-state index in [-0.39, 0.29) is 0 Å². The lowest BCUT2D eigenvalue weighted by atomic mass is 9.97. The van der Waals surface area contributed by atoms with Crippen LogP contribution in [-0.4, -0.2) is 12.1 Å². The molecular formula is C19H21NO. The number of hydrogen-bond acceptors (Lipinski definition) is 1. The largest absolute Gasteiger partial charge is 0.495 e. The summed E-state index contributed by atoms with van der Waals surface area (Å²) < 4.78 is 5.57. The van der Waals surface area contributed by atoms with Crippen LogP contribution in [0.25, 0.3) is 21.8 Å². The highest BCUT2D eigenvalue weighted by molar-refractivity contribution is 6.11. The Morgan fingerprint density at radius 2 is 2.00 bits per heavy atom. The lowest BCUT2D eigenvalue weighted by Gasteiger charge is -2.10. The van der Waals surface area contributed by atoms with E-state index in [1.807, 2.05) is 0 Å². The first-order chi connectivity index (χ1) is 10.1. The molecule has 21 heavy (non-hydrogen) atoms. The van der Waals surface area contributed by atoms with Gasteiger partial charge in [0.2, 0.25) is 0 Å². The Labute approximate surface area is 125 Å². The number of aromatic nitrogens is 1. The minimum Gasteiger partial charge on any atom is -0.495 e. The first-order valence-corrected chi connectivity index (χ1v) is 7.32. The van der Waals surface area contributed by atoms with E-state index >= 15 is 0 Å². The zero-order valence-corrected chi connectivity index (χ0v) is 13.1. The zero-order valence-electron chi connectivity index (χ0n) is 13.1. The van der Waals surface area contributed by atoms with Gasteiger partial charge in [-0.25, -0.2) is 0 Å². The minimum absolute atomic E-state index is 0.916. The lowest BCUT2D eigenvalue weighted by molar-refractivity contribution is 0.418. The second-order valence-electron chi connectivity index (χ2n) is 5.78. The summed E-state index contributed by atoms with van der Waals surface area (Å²) >= 11 is 0. The molecule has 0 radical (unpaired) electrons. The molecular weight excluding hydrogens is 258 g/mol. The van der Waals surface area contributed by atoms with Crippen molar-refractivity contribution in [3.63, 3.8) is 0 Å². The summed E-state index contributed by atoms with van der Waals surface area (Å²) in [5.41, 5.74) is 6.26. The Hall–Kier alpha value is -2.22. The molecule has 3 aromatic rings. The SMILES string of the molecule is COc1cc(C)c(CC=C(C)C)c2c1[nH]c1ccccc12. The smallest absolute Gasteiger partial charge is 0.143 e. The Morgan fingerprint density at radius 1 is 1.24 bits per heavy atom. The summed E-state index contributed by atoms with van der Waals surface area (Å²) in [6.07, 6.45) is 3.24. The van der Waals surface area contributed by atoms with Crippen molar-refractivity contribution < 1.29 is 4.74 Å². The number of fused-ring (bicyclic) bond motifs is 3. The van der Waals surface area contributed by atoms with Gasteiger partial charge in [-0.05, 0) is 50.5 Å². The monoisotopic (exact) mass is 279 g/mol. The molecule has 2 heteroatoms. The average Bonchev–Trinajstić information content (AvgIpc) is 2.85. The van der Waals surface area contributed by atoms with Crippen molar-refractivity contribution in [1.82, 2.24) is 4.98 Å². The number of H-pyrrole nitrogens is 1. The molecule has 1 N–H and O–H groups in total. The molecule has 0 saturated carbocycles. The molecule has 0 fully saturated rings. The van der Waals surface area contributed by atoms with Gasteiger partial charge in [0.05, 0.1) is 12.6 Å². The molecule has 1 aromatic heterocycles. The van der Waals surface area contributed by atoms with Crippen molar-refractivity contribution in [3.8, 4) is 5.75 Å². The first-order valence-electron chi connectivity index (χ1n) is 7.32. The van der Waals surface area contributed by atoms with E-state index in [9.17, 15) is 0 Å². The first kappa shape index (κ1) is 13.7. The van der Waals surface area contributed by atoms with Crippen LogP contribution < -0.4 is 4.74 Å². The summed E-state index contributed by atoms with van der Waals surface area (Å²) in [6, 6.07) is 10.6. The number of ether oxygens (including phenoxy) is 1. The maximum absolute atomic E-state index is 5.57. The molecule has 0 aliphatic heterocycles. The number of aryl methyl sites for hydroxylation is 1. The number of rotatable bonds is 3. The van der Waals surface area contributed by atoms with Crippen molar-refractivity contribution >= 4 is 21.8 Å². The van der Waals surface area contributed by atoms with Gasteiger partial charge < -0.3 is 9.72 Å². The van der Waals surface area contributed by atoms with Gasteiger partial charge in [0.25, 0.3) is 0 Å². The summed E-state index contributed by atoms with van der Waals surface area (Å²) in [4.78, 5) is 3.51. The molecule has 1 heterocycles. The zero-order chi connectivity index (χ0) is 15.0. The van der Waals surface area contributed by atoms with Gasteiger partial charge in [0.1, 0.15) is 5.75 Å². The van der Waals surface area contributed by atoms with Crippen LogP contribution in [0.4, 0.5) is 0 Å². The van der Waals surface area contributed by atoms with E-state index in [0.717, 1.165) is 23.2 Å². The molecule has 2 nitrogen and oxygen atoms in total. The fraction of sp³-hybridized carbons (Fsp3) is 0.263. The van der Waals surface area contributed by atoms with Crippen LogP contribution in [0.3, 0.4) is 0 Å². The van der Waals surface area contributed by atoms with Crippen LogP contribution in [0, 0.1) is 6.92 Å². The second kappa shape index (κ2) is 5.28. The van der Waals surface area contributed by atoms with Crippen molar-refractivity contribution in [3.05, 3.63) is 53.1 Å². The molecule has 0 amide bonds. The highest BCUT2D eigenvalue weighted by Crippen LogP contribution is 2.36. The molecule has 2 aromatic carbocycles. The van der Waals surface area contributed by atoms with Crippen LogP contribution in [0.15, 0.2) is 42.0 Å². The number of nitrogens with one attached hydrogen (secondary N) is 1. The molecule has 0 unspecified atom stereocenters. The van der Waals surface area contributed by atoms with Crippen LogP contribution in [0.1, 0.15) is 25.0 Å². The maximum atomic E-state index is 5.57. The van der Waals surface area contributed by atoms with Crippen LogP contribution >= 0.6 is 0 Å². The number of benzene rings is 2. The quantitative estimate of drug-likeness (QED) is 0.659. The summed E-state index contributed by atoms with van der Waals surface area (Å²) in [6.45, 7) is 6.45. The number of methoxy groups -OCH3 is 1. The van der Waals surface area contributed by atoms with Gasteiger partial charge in [-0.3, -0.25) is 0 Å². The Bertz CT molecular complexity index is 836. The molecule has 0 aliphatic carbocycles. The van der Waals surface area contributed by atoms with Gasteiger partial charge in [0, 0.05) is 16.3 Å². The van der Waals surface area contributed by atoms with Crippen LogP contribution in [0.2, 0.25) is 0 Å². The Morgan fingerprint density at radius 3 is 2.71 bits per heavy atom. The maximum Gasteiger partial charge on any atom is 0.143 e. The van der Waals surface area contributed by atoms with E-state index in [2.05, 4.69) is 62.2 Å². The van der Waals surface area contributed by atoms with Gasteiger partial charge in [-0.15, -0.1) is 0 Å². The third-order valence-electron chi connectivity index (χ3n) is 4.01. The van der Waals surface area contributed by atoms with E-state index in [0.29, 0.717) is 0 Å². The Kier molecular flexibility index (Phi) is 3.46. The van der Waals surface area contributed by atoms with Crippen molar-refractivity contribution in [2.24, 2.45) is 0 Å². The lowest BCUT2D eigenvalue weighted by Crippen LogP contribution is -1.93. The van der Waals surface area contributed by atoms with E-state index < -0.39 is 0 Å². The third kappa shape index (κ3) is 2.31. The molecule has 0 saturated heterocycles. The van der Waals surface area contributed by atoms with Crippen LogP contribution in [0.5, 0.6) is 5.75 Å². The number of aromatic amines is 1. The normalized spacial score (nSPS) is 11.0. The molecule has 3 rings (SSSR count). The Balaban J connectivity index is 2.40. The fourth-order valence-corrected chi connectivity index (χ4v) is 2.92. The summed E-state index contributed by atoms with van der Waals surface area (Å²) in [5.74, 6) is 0.916.